The fraction of sp³-hybridized carbons (Fsp3) is 0.704. The fourth-order valence-electron chi connectivity index (χ4n) is 4.92. The Labute approximate surface area is 240 Å². The lowest BCUT2D eigenvalue weighted by atomic mass is 9.85. The van der Waals surface area contributed by atoms with Crippen LogP contribution in [-0.4, -0.2) is 121 Å². The largest absolute Gasteiger partial charge is 0.379 e. The highest BCUT2D eigenvalue weighted by Crippen LogP contribution is 2.28. The van der Waals surface area contributed by atoms with Gasteiger partial charge in [0.25, 0.3) is 11.8 Å². The van der Waals surface area contributed by atoms with Crippen LogP contribution in [0.5, 0.6) is 0 Å². The summed E-state index contributed by atoms with van der Waals surface area (Å²) in [5.41, 5.74) is 0.522. The topological polar surface area (TPSA) is 154 Å². The Hall–Kier alpha value is -3.20. The van der Waals surface area contributed by atoms with Crippen LogP contribution >= 0.6 is 0 Å². The first-order valence-electron chi connectivity index (χ1n) is 14.0. The number of hydrogen-bond acceptors (Lipinski definition) is 10. The number of nitrogens with one attached hydrogen (secondary N) is 1. The fourth-order valence-corrected chi connectivity index (χ4v) is 4.92. The van der Waals surface area contributed by atoms with Crippen LogP contribution < -0.4 is 5.32 Å². The molecular weight excluding hydrogens is 536 g/mol. The molecule has 2 aliphatic rings. The molecule has 4 atom stereocenters. The van der Waals surface area contributed by atoms with Crippen molar-refractivity contribution in [2.75, 3.05) is 59.8 Å². The van der Waals surface area contributed by atoms with Crippen molar-refractivity contribution in [3.63, 3.8) is 0 Å². The number of ether oxygens (including phenoxy) is 4. The number of nitrogens with zero attached hydrogens (tertiary/aromatic N) is 5. The third kappa shape index (κ3) is 9.69. The van der Waals surface area contributed by atoms with Gasteiger partial charge in [-0.1, -0.05) is 19.1 Å². The van der Waals surface area contributed by atoms with E-state index in [2.05, 4.69) is 15.6 Å². The second-order valence-electron chi connectivity index (χ2n) is 10.1. The molecule has 0 bridgehead atoms. The molecule has 0 saturated carbocycles. The van der Waals surface area contributed by atoms with Crippen LogP contribution in [-0.2, 0) is 51.2 Å². The molecule has 1 saturated heterocycles. The van der Waals surface area contributed by atoms with Gasteiger partial charge in [-0.15, -0.1) is 5.10 Å². The molecular formula is C27H42N6O8. The Morgan fingerprint density at radius 1 is 1.07 bits per heavy atom. The first-order valence-corrected chi connectivity index (χ1v) is 14.0. The second kappa shape index (κ2) is 16.9. The standard InChI is InChI=1S/C27H42N6O8/c1-20(26(38-3)23-5-4-9-31(23)19-34)21(2)27(37)28-8-11-39-13-15-41-16-14-40-12-10-32-17-22(29-30-32)18-33-24(35)6-7-25(33)36/h6-7,17,19-21,23,26H,4-5,8-16,18H2,1-3H3,(H,28,37)/t20?,21-,23?,26?/m1/s1. The zero-order chi connectivity index (χ0) is 29.6. The highest BCUT2D eigenvalue weighted by molar-refractivity contribution is 6.12. The van der Waals surface area contributed by atoms with Gasteiger partial charge in [-0.2, -0.15) is 0 Å². The number of rotatable bonds is 20. The van der Waals surface area contributed by atoms with Gasteiger partial charge < -0.3 is 29.2 Å². The maximum absolute atomic E-state index is 12.6. The number of carbonyl (C=O) groups is 4. The molecule has 3 rings (SSSR count). The quantitative estimate of drug-likeness (QED) is 0.125. The lowest BCUT2D eigenvalue weighted by molar-refractivity contribution is -0.137. The summed E-state index contributed by atoms with van der Waals surface area (Å²) in [6.45, 7) is 7.96. The molecule has 1 N–H and O–H groups in total. The Morgan fingerprint density at radius 2 is 1.73 bits per heavy atom. The molecule has 41 heavy (non-hydrogen) atoms. The molecule has 0 spiro atoms. The molecule has 14 heteroatoms. The number of carbonyl (C=O) groups excluding carboxylic acids is 4. The SMILES string of the molecule is COC(C(C)[C@@H](C)C(=O)NCCOCCOCCOCCn1cc(CN2C(=O)C=CC2=O)nn1)C1CCCN1C=O. The van der Waals surface area contributed by atoms with E-state index in [1.54, 1.807) is 22.9 Å². The zero-order valence-corrected chi connectivity index (χ0v) is 24.1. The van der Waals surface area contributed by atoms with E-state index in [1.807, 2.05) is 13.8 Å². The molecule has 1 aromatic heterocycles. The van der Waals surface area contributed by atoms with E-state index in [-0.39, 0.29) is 48.2 Å². The van der Waals surface area contributed by atoms with Gasteiger partial charge in [0.1, 0.15) is 5.69 Å². The average molecular weight is 579 g/mol. The summed E-state index contributed by atoms with van der Waals surface area (Å²) in [7, 11) is 1.63. The molecule has 3 unspecified atom stereocenters. The van der Waals surface area contributed by atoms with Gasteiger partial charge >= 0.3 is 0 Å². The third-order valence-corrected chi connectivity index (χ3v) is 7.41. The molecule has 0 aliphatic carbocycles. The number of methoxy groups -OCH3 is 1. The van der Waals surface area contributed by atoms with Gasteiger partial charge in [-0.05, 0) is 18.8 Å². The monoisotopic (exact) mass is 578 g/mol. The van der Waals surface area contributed by atoms with Crippen LogP contribution in [0.15, 0.2) is 18.3 Å². The second-order valence-corrected chi connectivity index (χ2v) is 10.1. The highest BCUT2D eigenvalue weighted by atomic mass is 16.5. The van der Waals surface area contributed by atoms with Crippen LogP contribution in [0.2, 0.25) is 0 Å². The molecule has 0 radical (unpaired) electrons. The van der Waals surface area contributed by atoms with Gasteiger partial charge in [0, 0.05) is 38.3 Å². The average Bonchev–Trinajstić information content (AvgIpc) is 3.71. The van der Waals surface area contributed by atoms with Crippen molar-refractivity contribution in [2.24, 2.45) is 11.8 Å². The van der Waals surface area contributed by atoms with Crippen LogP contribution in [0.1, 0.15) is 32.4 Å². The van der Waals surface area contributed by atoms with Gasteiger partial charge in [0.15, 0.2) is 0 Å². The van der Waals surface area contributed by atoms with Crippen molar-refractivity contribution in [2.45, 2.75) is 51.9 Å². The lowest BCUT2D eigenvalue weighted by Gasteiger charge is -2.34. The van der Waals surface area contributed by atoms with E-state index in [1.165, 1.54) is 12.2 Å². The minimum atomic E-state index is -0.356. The predicted molar refractivity (Wildman–Crippen MR) is 145 cm³/mol. The summed E-state index contributed by atoms with van der Waals surface area (Å²) in [4.78, 5) is 50.1. The molecule has 3 heterocycles. The van der Waals surface area contributed by atoms with E-state index in [0.717, 1.165) is 30.7 Å². The summed E-state index contributed by atoms with van der Waals surface area (Å²) in [5, 5.41) is 10.9. The third-order valence-electron chi connectivity index (χ3n) is 7.41. The van der Waals surface area contributed by atoms with Gasteiger partial charge in [0.05, 0.1) is 71.1 Å². The van der Waals surface area contributed by atoms with Crippen LogP contribution in [0, 0.1) is 11.8 Å². The Bertz CT molecular complexity index is 1020. The maximum atomic E-state index is 12.6. The van der Waals surface area contributed by atoms with Crippen molar-refractivity contribution in [1.82, 2.24) is 30.1 Å². The first kappa shape index (κ1) is 32.3. The maximum Gasteiger partial charge on any atom is 0.253 e. The Balaban J connectivity index is 1.16. The van der Waals surface area contributed by atoms with Gasteiger partial charge in [-0.3, -0.25) is 24.1 Å². The summed E-state index contributed by atoms with van der Waals surface area (Å²) >= 11 is 0. The smallest absolute Gasteiger partial charge is 0.253 e. The molecule has 0 aromatic carbocycles. The van der Waals surface area contributed by atoms with Crippen LogP contribution in [0.3, 0.4) is 0 Å². The zero-order valence-electron chi connectivity index (χ0n) is 24.1. The number of likely N-dealkylation sites (tertiary alicyclic amines) is 1. The molecule has 14 nitrogen and oxygen atoms in total. The summed E-state index contributed by atoms with van der Waals surface area (Å²) < 4.78 is 23.9. The molecule has 1 fully saturated rings. The highest BCUT2D eigenvalue weighted by Gasteiger charge is 2.38. The summed E-state index contributed by atoms with van der Waals surface area (Å²) in [5.74, 6) is -1.10. The van der Waals surface area contributed by atoms with Gasteiger partial charge in [-0.25, -0.2) is 4.68 Å². The minimum Gasteiger partial charge on any atom is -0.379 e. The van der Waals surface area contributed by atoms with E-state index in [0.29, 0.717) is 58.4 Å². The summed E-state index contributed by atoms with van der Waals surface area (Å²) in [6.07, 6.45) is 6.66. The normalized spacial score (nSPS) is 19.1. The number of hydrogen-bond donors (Lipinski definition) is 1. The van der Waals surface area contributed by atoms with Crippen molar-refractivity contribution in [3.05, 3.63) is 24.0 Å². The van der Waals surface area contributed by atoms with Crippen molar-refractivity contribution >= 4 is 24.1 Å². The van der Waals surface area contributed by atoms with Crippen LogP contribution in [0.25, 0.3) is 0 Å². The molecule has 228 valence electrons. The molecule has 2 aliphatic heterocycles. The number of aromatic nitrogens is 3. The van der Waals surface area contributed by atoms with E-state index < -0.39 is 0 Å². The Kier molecular flexibility index (Phi) is 13.3. The predicted octanol–water partition coefficient (Wildman–Crippen LogP) is -0.223. The van der Waals surface area contributed by atoms with Crippen molar-refractivity contribution in [3.8, 4) is 0 Å². The van der Waals surface area contributed by atoms with Crippen molar-refractivity contribution in [1.29, 1.82) is 0 Å². The van der Waals surface area contributed by atoms with Gasteiger partial charge in [0.2, 0.25) is 12.3 Å². The van der Waals surface area contributed by atoms with Crippen LogP contribution in [0.4, 0.5) is 0 Å². The van der Waals surface area contributed by atoms with E-state index in [9.17, 15) is 19.2 Å². The van der Waals surface area contributed by atoms with Crippen molar-refractivity contribution < 1.29 is 38.1 Å². The summed E-state index contributed by atoms with van der Waals surface area (Å²) in [6, 6.07) is 0.00377. The Morgan fingerprint density at radius 3 is 2.39 bits per heavy atom. The number of imide groups is 1. The van der Waals surface area contributed by atoms with E-state index in [4.69, 9.17) is 18.9 Å². The molecule has 4 amide bonds. The molecule has 1 aromatic rings. The number of amides is 4. The minimum absolute atomic E-state index is 0.00377. The first-order chi connectivity index (χ1) is 19.8. The lowest BCUT2D eigenvalue weighted by Crippen LogP contribution is -2.47. The van der Waals surface area contributed by atoms with E-state index >= 15 is 0 Å².